The van der Waals surface area contributed by atoms with Crippen LogP contribution in [0.2, 0.25) is 0 Å². The molecule has 1 atom stereocenters. The molecule has 24 heavy (non-hydrogen) atoms. The Kier molecular flexibility index (Phi) is 5.48. The van der Waals surface area contributed by atoms with Gasteiger partial charge in [0.2, 0.25) is 5.91 Å². The lowest BCUT2D eigenvalue weighted by atomic mass is 9.79. The second-order valence-electron chi connectivity index (χ2n) is 8.37. The molecule has 2 saturated carbocycles. The monoisotopic (exact) mass is 336 g/mol. The molecule has 5 heteroatoms. The van der Waals surface area contributed by atoms with Crippen molar-refractivity contribution in [1.29, 1.82) is 0 Å². The van der Waals surface area contributed by atoms with E-state index in [0.29, 0.717) is 18.8 Å². The summed E-state index contributed by atoms with van der Waals surface area (Å²) in [6.07, 6.45) is 8.60. The number of carboxylic acid groups (broad SMARTS) is 1. The molecular formula is C19H32N2O3. The summed E-state index contributed by atoms with van der Waals surface area (Å²) in [6, 6.07) is 0. The van der Waals surface area contributed by atoms with Gasteiger partial charge in [0.15, 0.2) is 0 Å². The van der Waals surface area contributed by atoms with E-state index in [9.17, 15) is 14.7 Å². The molecule has 0 bridgehead atoms. The standard InChI is InChI=1S/C19H32N2O3/c1-20(12-15-6-7-15)13-16-8-11-21(14-16)17(22)19(18(23)24)9-4-2-3-5-10-19/h15-16H,2-14H2,1H3,(H,23,24). The number of aliphatic carboxylic acids is 1. The van der Waals surface area contributed by atoms with Crippen LogP contribution in [-0.2, 0) is 9.59 Å². The topological polar surface area (TPSA) is 60.9 Å². The van der Waals surface area contributed by atoms with Gasteiger partial charge in [-0.2, -0.15) is 0 Å². The lowest BCUT2D eigenvalue weighted by molar-refractivity contribution is -0.161. The number of hydrogen-bond donors (Lipinski definition) is 1. The molecule has 1 amide bonds. The third kappa shape index (κ3) is 3.93. The van der Waals surface area contributed by atoms with E-state index in [2.05, 4.69) is 11.9 Å². The molecule has 5 nitrogen and oxygen atoms in total. The van der Waals surface area contributed by atoms with Crippen LogP contribution in [0.3, 0.4) is 0 Å². The van der Waals surface area contributed by atoms with Gasteiger partial charge in [0, 0.05) is 26.2 Å². The fourth-order valence-corrected chi connectivity index (χ4v) is 4.58. The normalized spacial score (nSPS) is 27.2. The van der Waals surface area contributed by atoms with Crippen molar-refractivity contribution in [1.82, 2.24) is 9.80 Å². The third-order valence-electron chi connectivity index (χ3n) is 6.19. The van der Waals surface area contributed by atoms with Crippen molar-refractivity contribution in [3.8, 4) is 0 Å². The SMILES string of the molecule is CN(CC1CC1)CC1CCN(C(=O)C2(C(=O)O)CCCCCC2)C1. The van der Waals surface area contributed by atoms with E-state index in [0.717, 1.165) is 57.7 Å². The van der Waals surface area contributed by atoms with Gasteiger partial charge in [-0.1, -0.05) is 25.7 Å². The summed E-state index contributed by atoms with van der Waals surface area (Å²) in [5.74, 6) is 0.373. The number of carbonyl (C=O) groups is 2. The molecule has 1 unspecified atom stereocenters. The molecule has 1 aliphatic heterocycles. The van der Waals surface area contributed by atoms with Gasteiger partial charge in [0.25, 0.3) is 0 Å². The predicted octanol–water partition coefficient (Wildman–Crippen LogP) is 2.60. The van der Waals surface area contributed by atoms with Gasteiger partial charge in [-0.15, -0.1) is 0 Å². The summed E-state index contributed by atoms with van der Waals surface area (Å²) in [7, 11) is 2.17. The maximum Gasteiger partial charge on any atom is 0.319 e. The second-order valence-corrected chi connectivity index (χ2v) is 8.37. The fraction of sp³-hybridized carbons (Fsp3) is 0.895. The smallest absolute Gasteiger partial charge is 0.319 e. The Bertz CT molecular complexity index is 467. The average molecular weight is 336 g/mol. The van der Waals surface area contributed by atoms with E-state index < -0.39 is 11.4 Å². The zero-order valence-corrected chi connectivity index (χ0v) is 15.0. The number of hydrogen-bond acceptors (Lipinski definition) is 3. The van der Waals surface area contributed by atoms with Crippen LogP contribution in [0.15, 0.2) is 0 Å². The number of carboxylic acids is 1. The van der Waals surface area contributed by atoms with Crippen LogP contribution in [0.25, 0.3) is 0 Å². The Morgan fingerprint density at radius 3 is 2.25 bits per heavy atom. The lowest BCUT2D eigenvalue weighted by Crippen LogP contribution is -2.48. The summed E-state index contributed by atoms with van der Waals surface area (Å²) >= 11 is 0. The molecule has 0 aromatic heterocycles. The highest BCUT2D eigenvalue weighted by Gasteiger charge is 2.49. The van der Waals surface area contributed by atoms with Crippen molar-refractivity contribution in [2.75, 3.05) is 33.2 Å². The molecule has 3 fully saturated rings. The van der Waals surface area contributed by atoms with Crippen LogP contribution in [0.1, 0.15) is 57.8 Å². The van der Waals surface area contributed by atoms with Gasteiger partial charge in [-0.25, -0.2) is 0 Å². The van der Waals surface area contributed by atoms with E-state index in [1.165, 1.54) is 19.4 Å². The van der Waals surface area contributed by atoms with Crippen molar-refractivity contribution in [3.05, 3.63) is 0 Å². The van der Waals surface area contributed by atoms with Crippen molar-refractivity contribution in [2.24, 2.45) is 17.3 Å². The first-order chi connectivity index (χ1) is 11.5. The number of carbonyl (C=O) groups excluding carboxylic acids is 1. The van der Waals surface area contributed by atoms with Crippen LogP contribution < -0.4 is 0 Å². The van der Waals surface area contributed by atoms with Gasteiger partial charge in [0.05, 0.1) is 0 Å². The highest BCUT2D eigenvalue weighted by molar-refractivity contribution is 6.02. The third-order valence-corrected chi connectivity index (χ3v) is 6.19. The first-order valence-electron chi connectivity index (χ1n) is 9.72. The number of likely N-dealkylation sites (tertiary alicyclic amines) is 1. The summed E-state index contributed by atoms with van der Waals surface area (Å²) in [4.78, 5) is 29.3. The fourth-order valence-electron chi connectivity index (χ4n) is 4.58. The molecular weight excluding hydrogens is 304 g/mol. The average Bonchev–Trinajstić information content (AvgIpc) is 3.29. The van der Waals surface area contributed by atoms with E-state index in [-0.39, 0.29) is 5.91 Å². The molecule has 0 spiro atoms. The van der Waals surface area contributed by atoms with Crippen LogP contribution in [0.4, 0.5) is 0 Å². The first kappa shape index (κ1) is 17.7. The largest absolute Gasteiger partial charge is 0.480 e. The number of nitrogens with zero attached hydrogens (tertiary/aromatic N) is 2. The van der Waals surface area contributed by atoms with E-state index in [4.69, 9.17) is 0 Å². The Hall–Kier alpha value is -1.10. The number of amides is 1. The maximum absolute atomic E-state index is 13.1. The molecule has 0 aromatic rings. The molecule has 136 valence electrons. The highest BCUT2D eigenvalue weighted by atomic mass is 16.4. The van der Waals surface area contributed by atoms with E-state index in [1.807, 2.05) is 4.90 Å². The Morgan fingerprint density at radius 1 is 1.04 bits per heavy atom. The molecule has 1 N–H and O–H groups in total. The highest BCUT2D eigenvalue weighted by Crippen LogP contribution is 2.38. The van der Waals surface area contributed by atoms with Crippen molar-refractivity contribution < 1.29 is 14.7 Å². The Balaban J connectivity index is 1.58. The first-order valence-corrected chi connectivity index (χ1v) is 9.72. The predicted molar refractivity (Wildman–Crippen MR) is 92.7 cm³/mol. The molecule has 3 rings (SSSR count). The molecule has 0 aromatic carbocycles. The molecule has 1 saturated heterocycles. The molecule has 3 aliphatic rings. The van der Waals surface area contributed by atoms with Crippen molar-refractivity contribution in [3.63, 3.8) is 0 Å². The maximum atomic E-state index is 13.1. The van der Waals surface area contributed by atoms with Crippen LogP contribution >= 0.6 is 0 Å². The second kappa shape index (κ2) is 7.42. The van der Waals surface area contributed by atoms with Crippen LogP contribution in [0, 0.1) is 17.3 Å². The van der Waals surface area contributed by atoms with Crippen molar-refractivity contribution >= 4 is 11.9 Å². The van der Waals surface area contributed by atoms with Gasteiger partial charge in [0.1, 0.15) is 5.41 Å². The zero-order chi connectivity index (χ0) is 17.2. The lowest BCUT2D eigenvalue weighted by Gasteiger charge is -2.31. The molecule has 1 heterocycles. The van der Waals surface area contributed by atoms with Crippen LogP contribution in [0.5, 0.6) is 0 Å². The Labute approximate surface area is 145 Å². The van der Waals surface area contributed by atoms with Gasteiger partial charge in [-0.05, 0) is 51.0 Å². The summed E-state index contributed by atoms with van der Waals surface area (Å²) < 4.78 is 0. The quantitative estimate of drug-likeness (QED) is 0.598. The van der Waals surface area contributed by atoms with E-state index >= 15 is 0 Å². The van der Waals surface area contributed by atoms with Gasteiger partial charge < -0.3 is 14.9 Å². The van der Waals surface area contributed by atoms with Crippen molar-refractivity contribution in [2.45, 2.75) is 57.8 Å². The minimum Gasteiger partial charge on any atom is -0.480 e. The summed E-state index contributed by atoms with van der Waals surface area (Å²) in [6.45, 7) is 3.67. The molecule has 2 aliphatic carbocycles. The van der Waals surface area contributed by atoms with Gasteiger partial charge in [-0.3, -0.25) is 9.59 Å². The van der Waals surface area contributed by atoms with Gasteiger partial charge >= 0.3 is 5.97 Å². The van der Waals surface area contributed by atoms with E-state index in [1.54, 1.807) is 0 Å². The minimum atomic E-state index is -1.15. The minimum absolute atomic E-state index is 0.107. The summed E-state index contributed by atoms with van der Waals surface area (Å²) in [5.41, 5.74) is -1.15. The van der Waals surface area contributed by atoms with Crippen LogP contribution in [-0.4, -0.2) is 60.0 Å². The molecule has 0 radical (unpaired) electrons. The zero-order valence-electron chi connectivity index (χ0n) is 15.0. The Morgan fingerprint density at radius 2 is 1.67 bits per heavy atom. The number of rotatable bonds is 6. The summed E-state index contributed by atoms with van der Waals surface area (Å²) in [5, 5.41) is 9.81.